The fraction of sp³-hybridized carbons (Fsp3) is 0.409. The van der Waals surface area contributed by atoms with Crippen LogP contribution in [0.4, 0.5) is 0 Å². The molecule has 3 atom stereocenters. The average Bonchev–Trinajstić information content (AvgIpc) is 3.58. The second kappa shape index (κ2) is 8.61. The SMILES string of the molecule is COC(=O)c1cncc(OCC2CN(C(=O)C3CC3c3ccccc3)CCO2)c1. The van der Waals surface area contributed by atoms with Gasteiger partial charge < -0.3 is 19.1 Å². The lowest BCUT2D eigenvalue weighted by Gasteiger charge is -2.33. The van der Waals surface area contributed by atoms with Gasteiger partial charge >= 0.3 is 5.97 Å². The maximum absolute atomic E-state index is 12.9. The van der Waals surface area contributed by atoms with Crippen LogP contribution in [0, 0.1) is 5.92 Å². The second-order valence-electron chi connectivity index (χ2n) is 7.35. The summed E-state index contributed by atoms with van der Waals surface area (Å²) in [5, 5.41) is 0. The summed E-state index contributed by atoms with van der Waals surface area (Å²) in [6.07, 6.45) is 3.65. The molecule has 3 unspecified atom stereocenters. The number of methoxy groups -OCH3 is 1. The molecular formula is C22H24N2O5. The first-order valence-corrected chi connectivity index (χ1v) is 9.77. The third kappa shape index (κ3) is 4.56. The number of carbonyl (C=O) groups excluding carboxylic acids is 2. The van der Waals surface area contributed by atoms with Gasteiger partial charge in [-0.05, 0) is 24.0 Å². The molecule has 7 heteroatoms. The largest absolute Gasteiger partial charge is 0.489 e. The number of hydrogen-bond donors (Lipinski definition) is 0. The minimum Gasteiger partial charge on any atom is -0.489 e. The Morgan fingerprint density at radius 1 is 1.24 bits per heavy atom. The van der Waals surface area contributed by atoms with Crippen molar-refractivity contribution in [1.82, 2.24) is 9.88 Å². The zero-order valence-corrected chi connectivity index (χ0v) is 16.3. The Hall–Kier alpha value is -2.93. The van der Waals surface area contributed by atoms with Crippen molar-refractivity contribution in [3.05, 3.63) is 59.9 Å². The number of carbonyl (C=O) groups is 2. The van der Waals surface area contributed by atoms with Gasteiger partial charge in [-0.15, -0.1) is 0 Å². The maximum Gasteiger partial charge on any atom is 0.339 e. The van der Waals surface area contributed by atoms with Crippen molar-refractivity contribution in [2.24, 2.45) is 5.92 Å². The summed E-state index contributed by atoms with van der Waals surface area (Å²) in [7, 11) is 1.32. The van der Waals surface area contributed by atoms with E-state index in [2.05, 4.69) is 17.1 Å². The summed E-state index contributed by atoms with van der Waals surface area (Å²) in [6.45, 7) is 1.87. The lowest BCUT2D eigenvalue weighted by Crippen LogP contribution is -2.48. The van der Waals surface area contributed by atoms with Crippen LogP contribution in [-0.2, 0) is 14.3 Å². The Labute approximate surface area is 169 Å². The number of amides is 1. The summed E-state index contributed by atoms with van der Waals surface area (Å²) in [5.74, 6) is 0.588. The molecule has 152 valence electrons. The molecule has 1 aliphatic carbocycles. The van der Waals surface area contributed by atoms with Gasteiger partial charge in [0.15, 0.2) is 0 Å². The normalized spacial score (nSPS) is 23.3. The summed E-state index contributed by atoms with van der Waals surface area (Å²) in [5.41, 5.74) is 1.56. The van der Waals surface area contributed by atoms with Gasteiger partial charge in [0.25, 0.3) is 0 Å². The Balaban J connectivity index is 1.30. The number of rotatable bonds is 6. The molecule has 1 saturated heterocycles. The van der Waals surface area contributed by atoms with E-state index in [4.69, 9.17) is 14.2 Å². The van der Waals surface area contributed by atoms with Gasteiger partial charge in [0.05, 0.1) is 32.0 Å². The first kappa shape index (κ1) is 19.4. The molecule has 2 aromatic rings. The fourth-order valence-electron chi connectivity index (χ4n) is 3.71. The highest BCUT2D eigenvalue weighted by Gasteiger charge is 2.46. The molecule has 0 spiro atoms. The molecule has 1 saturated carbocycles. The smallest absolute Gasteiger partial charge is 0.339 e. The molecule has 1 aromatic carbocycles. The predicted octanol–water partition coefficient (Wildman–Crippen LogP) is 2.28. The summed E-state index contributed by atoms with van der Waals surface area (Å²) >= 11 is 0. The number of ether oxygens (including phenoxy) is 3. The lowest BCUT2D eigenvalue weighted by molar-refractivity contribution is -0.141. The Morgan fingerprint density at radius 2 is 2.07 bits per heavy atom. The standard InChI is InChI=1S/C22H24N2O5/c1-27-22(26)16-9-17(12-23-11-16)29-14-18-13-24(7-8-28-18)21(25)20-10-19(20)15-5-3-2-4-6-15/h2-6,9,11-12,18-20H,7-8,10,13-14H2,1H3. The number of benzene rings is 1. The van der Waals surface area contributed by atoms with Gasteiger partial charge in [-0.3, -0.25) is 9.78 Å². The number of morpholine rings is 1. The number of pyridine rings is 1. The van der Waals surface area contributed by atoms with Crippen LogP contribution in [0.3, 0.4) is 0 Å². The minimum absolute atomic E-state index is 0.0676. The Kier molecular flexibility index (Phi) is 5.76. The van der Waals surface area contributed by atoms with Crippen LogP contribution in [0.2, 0.25) is 0 Å². The predicted molar refractivity (Wildman–Crippen MR) is 105 cm³/mol. The van der Waals surface area contributed by atoms with Crippen molar-refractivity contribution in [3.8, 4) is 5.75 Å². The van der Waals surface area contributed by atoms with Crippen molar-refractivity contribution in [2.75, 3.05) is 33.4 Å². The zero-order valence-electron chi connectivity index (χ0n) is 16.3. The molecule has 1 amide bonds. The molecule has 0 bridgehead atoms. The topological polar surface area (TPSA) is 78.0 Å². The molecule has 1 aliphatic heterocycles. The van der Waals surface area contributed by atoms with Crippen molar-refractivity contribution in [1.29, 1.82) is 0 Å². The van der Waals surface area contributed by atoms with Crippen molar-refractivity contribution < 1.29 is 23.8 Å². The van der Waals surface area contributed by atoms with E-state index in [-0.39, 0.29) is 24.5 Å². The number of esters is 1. The summed E-state index contributed by atoms with van der Waals surface area (Å²) in [4.78, 5) is 30.4. The molecule has 2 fully saturated rings. The molecule has 0 radical (unpaired) electrons. The third-order valence-corrected chi connectivity index (χ3v) is 5.36. The third-order valence-electron chi connectivity index (χ3n) is 5.36. The van der Waals surface area contributed by atoms with Gasteiger partial charge in [-0.25, -0.2) is 4.79 Å². The molecule has 7 nitrogen and oxygen atoms in total. The van der Waals surface area contributed by atoms with Gasteiger partial charge in [0, 0.05) is 18.7 Å². The molecular weight excluding hydrogens is 372 g/mol. The van der Waals surface area contributed by atoms with Crippen LogP contribution in [0.25, 0.3) is 0 Å². The number of aromatic nitrogens is 1. The summed E-state index contributed by atoms with van der Waals surface area (Å²) < 4.78 is 16.2. The van der Waals surface area contributed by atoms with E-state index in [1.54, 1.807) is 6.07 Å². The fourth-order valence-corrected chi connectivity index (χ4v) is 3.71. The molecule has 29 heavy (non-hydrogen) atoms. The maximum atomic E-state index is 12.9. The Morgan fingerprint density at radius 3 is 2.86 bits per heavy atom. The Bertz CT molecular complexity index is 873. The first-order valence-electron chi connectivity index (χ1n) is 9.77. The second-order valence-corrected chi connectivity index (χ2v) is 7.35. The first-order chi connectivity index (χ1) is 14.2. The number of nitrogens with zero attached hydrogens (tertiary/aromatic N) is 2. The monoisotopic (exact) mass is 396 g/mol. The van der Waals surface area contributed by atoms with Gasteiger partial charge in [-0.1, -0.05) is 30.3 Å². The van der Waals surface area contributed by atoms with Gasteiger partial charge in [-0.2, -0.15) is 0 Å². The average molecular weight is 396 g/mol. The van der Waals surface area contributed by atoms with Crippen molar-refractivity contribution in [3.63, 3.8) is 0 Å². The van der Waals surface area contributed by atoms with Crippen LogP contribution >= 0.6 is 0 Å². The van der Waals surface area contributed by atoms with Gasteiger partial charge in [0.2, 0.25) is 5.91 Å². The van der Waals surface area contributed by atoms with Gasteiger partial charge in [0.1, 0.15) is 18.5 Å². The van der Waals surface area contributed by atoms with E-state index in [0.29, 0.717) is 36.9 Å². The highest BCUT2D eigenvalue weighted by molar-refractivity contribution is 5.89. The van der Waals surface area contributed by atoms with Crippen molar-refractivity contribution >= 4 is 11.9 Å². The minimum atomic E-state index is -0.467. The molecule has 0 N–H and O–H groups in total. The zero-order chi connectivity index (χ0) is 20.2. The van der Waals surface area contributed by atoms with E-state index in [1.165, 1.54) is 25.1 Å². The molecule has 1 aromatic heterocycles. The van der Waals surface area contributed by atoms with Crippen LogP contribution in [-0.4, -0.2) is 61.3 Å². The van der Waals surface area contributed by atoms with Crippen LogP contribution in [0.5, 0.6) is 5.75 Å². The highest BCUT2D eigenvalue weighted by atomic mass is 16.5. The molecule has 2 heterocycles. The lowest BCUT2D eigenvalue weighted by atomic mass is 10.1. The van der Waals surface area contributed by atoms with Crippen LogP contribution in [0.15, 0.2) is 48.8 Å². The van der Waals surface area contributed by atoms with E-state index < -0.39 is 5.97 Å². The van der Waals surface area contributed by atoms with E-state index >= 15 is 0 Å². The van der Waals surface area contributed by atoms with E-state index in [0.717, 1.165) is 6.42 Å². The van der Waals surface area contributed by atoms with Crippen LogP contribution in [0.1, 0.15) is 28.3 Å². The summed E-state index contributed by atoms with van der Waals surface area (Å²) in [6, 6.07) is 11.8. The highest BCUT2D eigenvalue weighted by Crippen LogP contribution is 2.48. The quantitative estimate of drug-likeness (QED) is 0.697. The van der Waals surface area contributed by atoms with E-state index in [1.807, 2.05) is 23.1 Å². The molecule has 4 rings (SSSR count). The van der Waals surface area contributed by atoms with Crippen molar-refractivity contribution in [2.45, 2.75) is 18.4 Å². The number of hydrogen-bond acceptors (Lipinski definition) is 6. The van der Waals surface area contributed by atoms with Crippen LogP contribution < -0.4 is 4.74 Å². The molecule has 2 aliphatic rings. The van der Waals surface area contributed by atoms with E-state index in [9.17, 15) is 9.59 Å².